The molecule has 57 heavy (non-hydrogen) atoms. The van der Waals surface area contributed by atoms with E-state index >= 15 is 0 Å². The molecule has 0 aliphatic heterocycles. The fraction of sp³-hybridized carbons (Fsp3) is 0.308. The summed E-state index contributed by atoms with van der Waals surface area (Å²) >= 11 is 0. The van der Waals surface area contributed by atoms with Gasteiger partial charge in [-0.15, -0.1) is 0 Å². The van der Waals surface area contributed by atoms with Gasteiger partial charge in [0.25, 0.3) is 17.4 Å². The van der Waals surface area contributed by atoms with Crippen LogP contribution in [0.3, 0.4) is 0 Å². The van der Waals surface area contributed by atoms with Gasteiger partial charge in [-0.05, 0) is 74.2 Å². The molecule has 1 aliphatic carbocycles. The Balaban J connectivity index is 0.000000540. The van der Waals surface area contributed by atoms with E-state index in [1.54, 1.807) is 36.4 Å². The predicted molar refractivity (Wildman–Crippen MR) is 204 cm³/mol. The van der Waals surface area contributed by atoms with Gasteiger partial charge in [-0.2, -0.15) is 18.3 Å². The smallest absolute Gasteiger partial charge is 0.416 e. The molecule has 0 unspecified atom stereocenters. The van der Waals surface area contributed by atoms with Crippen LogP contribution in [0.4, 0.5) is 18.9 Å². The van der Waals surface area contributed by atoms with Gasteiger partial charge in [0.2, 0.25) is 0 Å². The Morgan fingerprint density at radius 1 is 0.912 bits per heavy atom. The zero-order chi connectivity index (χ0) is 41.7. The molecule has 2 amide bonds. The standard InChI is InChI=1S/C33H35F3N8O3.C6H6O3S/c1-37-22-13-15-25(16-14-22)42-27(17-18-38-42)30-29(32(47)43(41(30)2)26-8-6-7-21(19-26)33(34,35)36)31(46)40-24-11-9-23(10-12-24)39-28(45)20-44(3,4)5;7-10(8,9)6-4-2-1-3-5-6/h6-8,13-19,23-24H,9-12,20H2,2-5H3,(H-,39,40,45,46);1-5H,(H,7,8,9). The van der Waals surface area contributed by atoms with Crippen molar-refractivity contribution in [2.24, 2.45) is 7.05 Å². The number of halogens is 3. The highest BCUT2D eigenvalue weighted by Crippen LogP contribution is 2.32. The molecule has 1 saturated carbocycles. The fourth-order valence-electron chi connectivity index (χ4n) is 6.50. The van der Waals surface area contributed by atoms with Crippen molar-refractivity contribution >= 4 is 27.6 Å². The van der Waals surface area contributed by atoms with Gasteiger partial charge < -0.3 is 19.7 Å². The lowest BCUT2D eigenvalue weighted by Crippen LogP contribution is -2.49. The Labute approximate surface area is 327 Å². The molecule has 18 heteroatoms. The van der Waals surface area contributed by atoms with Crippen LogP contribution in [-0.2, 0) is 28.1 Å². The number of carbonyl (C=O) groups excluding carboxylic acids is 2. The first-order valence-electron chi connectivity index (χ1n) is 17.7. The maximum Gasteiger partial charge on any atom is 0.416 e. The summed E-state index contributed by atoms with van der Waals surface area (Å²) in [6, 6.07) is 19.4. The number of carbonyl (C=O) groups is 2. The lowest BCUT2D eigenvalue weighted by Gasteiger charge is -2.30. The van der Waals surface area contributed by atoms with Crippen molar-refractivity contribution < 1.29 is 40.2 Å². The van der Waals surface area contributed by atoms with Crippen LogP contribution in [0.2, 0.25) is 0 Å². The topological polar surface area (TPSA) is 165 Å². The summed E-state index contributed by atoms with van der Waals surface area (Å²) in [6.07, 6.45) is -0.754. The van der Waals surface area contributed by atoms with E-state index in [9.17, 15) is 40.5 Å². The molecule has 0 saturated heterocycles. The normalized spacial score (nSPS) is 15.8. The maximum absolute atomic E-state index is 14.1. The summed E-state index contributed by atoms with van der Waals surface area (Å²) < 4.78 is 76.1. The first-order chi connectivity index (χ1) is 26.8. The minimum atomic E-state index is -4.64. The van der Waals surface area contributed by atoms with Crippen molar-refractivity contribution in [2.75, 3.05) is 27.7 Å². The third kappa shape index (κ3) is 10.4. The van der Waals surface area contributed by atoms with Crippen LogP contribution < -0.4 is 16.2 Å². The number of nitrogens with one attached hydrogen (secondary N) is 2. The van der Waals surface area contributed by atoms with Gasteiger partial charge >= 0.3 is 6.18 Å². The summed E-state index contributed by atoms with van der Waals surface area (Å²) in [5.74, 6) is -0.714. The van der Waals surface area contributed by atoms with E-state index in [0.717, 1.165) is 16.8 Å². The Morgan fingerprint density at radius 2 is 1.53 bits per heavy atom. The molecular weight excluding hydrogens is 766 g/mol. The molecule has 2 aromatic heterocycles. The van der Waals surface area contributed by atoms with Gasteiger partial charge in [0.05, 0.1) is 61.4 Å². The van der Waals surface area contributed by atoms with Gasteiger partial charge in [0, 0.05) is 19.1 Å². The fourth-order valence-corrected chi connectivity index (χ4v) is 6.99. The minimum Gasteiger partial charge on any atom is -0.744 e. The number of hydrogen-bond acceptors (Lipinski definition) is 7. The van der Waals surface area contributed by atoms with Gasteiger partial charge in [-0.1, -0.05) is 36.4 Å². The van der Waals surface area contributed by atoms with Crippen molar-refractivity contribution in [3.8, 4) is 22.8 Å². The van der Waals surface area contributed by atoms with Crippen LogP contribution in [0.1, 0.15) is 41.6 Å². The second-order valence-corrected chi connectivity index (χ2v) is 15.9. The Kier molecular flexibility index (Phi) is 12.6. The van der Waals surface area contributed by atoms with Crippen LogP contribution >= 0.6 is 0 Å². The molecule has 0 spiro atoms. The average Bonchev–Trinajstić information content (AvgIpc) is 3.73. The molecule has 2 N–H and O–H groups in total. The third-order valence-electron chi connectivity index (χ3n) is 9.10. The zero-order valence-corrected chi connectivity index (χ0v) is 32.3. The molecule has 1 fully saturated rings. The maximum atomic E-state index is 14.1. The van der Waals surface area contributed by atoms with E-state index < -0.39 is 33.3 Å². The first-order valence-corrected chi connectivity index (χ1v) is 19.1. The van der Waals surface area contributed by atoms with Crippen LogP contribution in [0.5, 0.6) is 0 Å². The zero-order valence-electron chi connectivity index (χ0n) is 31.5. The van der Waals surface area contributed by atoms with E-state index in [-0.39, 0.29) is 39.8 Å². The number of alkyl halides is 3. The predicted octanol–water partition coefficient (Wildman–Crippen LogP) is 5.05. The number of quaternary nitrogens is 1. The number of benzene rings is 3. The number of hydrogen-bond donors (Lipinski definition) is 2. The van der Waals surface area contributed by atoms with Crippen LogP contribution in [-0.4, -0.2) is 88.2 Å². The molecule has 14 nitrogen and oxygen atoms in total. The quantitative estimate of drug-likeness (QED) is 0.120. The number of amides is 2. The number of aromatic nitrogens is 4. The Morgan fingerprint density at radius 3 is 2.07 bits per heavy atom. The molecule has 2 heterocycles. The van der Waals surface area contributed by atoms with E-state index in [0.29, 0.717) is 53.8 Å². The van der Waals surface area contributed by atoms with Crippen LogP contribution in [0.25, 0.3) is 27.6 Å². The van der Waals surface area contributed by atoms with E-state index in [1.807, 2.05) is 21.1 Å². The molecule has 5 aromatic rings. The Hall–Kier alpha value is -6.03. The summed E-state index contributed by atoms with van der Waals surface area (Å²) in [5.41, 5.74) is -0.588. The SMILES string of the molecule is O=S(=O)([O-])c1ccccc1.[C-]#[N+]c1ccc(-n2nccc2-c2c(C(=O)NC3CCC(NC(=O)C[N+](C)(C)C)CC3)c(=O)n(-c3cccc(C(F)(F)F)c3)n2C)cc1. The molecule has 3 aromatic carbocycles. The Bertz CT molecular complexity index is 2440. The van der Waals surface area contributed by atoms with E-state index in [2.05, 4.69) is 20.6 Å². The molecule has 0 radical (unpaired) electrons. The minimum absolute atomic E-state index is 0.0313. The number of rotatable bonds is 9. The van der Waals surface area contributed by atoms with Crippen molar-refractivity contribution in [2.45, 2.75) is 48.8 Å². The lowest BCUT2D eigenvalue weighted by atomic mass is 9.91. The summed E-state index contributed by atoms with van der Waals surface area (Å²) in [6.45, 7) is 7.58. The molecule has 300 valence electrons. The lowest BCUT2D eigenvalue weighted by molar-refractivity contribution is -0.862. The summed E-state index contributed by atoms with van der Waals surface area (Å²) in [7, 11) is 3.05. The van der Waals surface area contributed by atoms with Gasteiger partial charge in [-0.3, -0.25) is 19.1 Å². The summed E-state index contributed by atoms with van der Waals surface area (Å²) in [4.78, 5) is 43.7. The van der Waals surface area contributed by atoms with Crippen molar-refractivity contribution in [1.82, 2.24) is 29.8 Å². The van der Waals surface area contributed by atoms with Gasteiger partial charge in [-0.25, -0.2) is 22.6 Å². The first kappa shape index (κ1) is 42.1. The highest BCUT2D eigenvalue weighted by Gasteiger charge is 2.33. The average molecular weight is 807 g/mol. The second-order valence-electron chi connectivity index (χ2n) is 14.5. The van der Waals surface area contributed by atoms with E-state index in [4.69, 9.17) is 6.57 Å². The second kappa shape index (κ2) is 17.0. The van der Waals surface area contributed by atoms with Crippen molar-refractivity contribution in [3.63, 3.8) is 0 Å². The third-order valence-corrected chi connectivity index (χ3v) is 9.95. The molecule has 0 bridgehead atoms. The summed E-state index contributed by atoms with van der Waals surface area (Å²) in [5, 5.41) is 10.4. The molecular formula is C39H41F3N8O6S. The van der Waals surface area contributed by atoms with Crippen LogP contribution in [0.15, 0.2) is 101 Å². The largest absolute Gasteiger partial charge is 0.744 e. The van der Waals surface area contributed by atoms with Gasteiger partial charge in [0.1, 0.15) is 21.4 Å². The molecule has 0 atom stereocenters. The van der Waals surface area contributed by atoms with Crippen molar-refractivity contribution in [1.29, 1.82) is 0 Å². The number of likely N-dealkylation sites (N-methyl/N-ethyl adjacent to an activating group) is 1. The number of nitrogens with zero attached hydrogens (tertiary/aromatic N) is 6. The molecule has 1 aliphatic rings. The molecule has 6 rings (SSSR count). The van der Waals surface area contributed by atoms with E-state index in [1.165, 1.54) is 59.0 Å². The highest BCUT2D eigenvalue weighted by atomic mass is 32.2. The van der Waals surface area contributed by atoms with Gasteiger partial charge in [0.15, 0.2) is 12.2 Å². The van der Waals surface area contributed by atoms with Crippen LogP contribution in [0, 0.1) is 6.57 Å². The monoisotopic (exact) mass is 806 g/mol. The highest BCUT2D eigenvalue weighted by molar-refractivity contribution is 7.85. The van der Waals surface area contributed by atoms with Crippen molar-refractivity contribution in [3.05, 3.63) is 124 Å².